The van der Waals surface area contributed by atoms with Crippen LogP contribution in [0.4, 0.5) is 5.95 Å². The van der Waals surface area contributed by atoms with Gasteiger partial charge < -0.3 is 15.8 Å². The molecular weight excluding hydrogens is 292 g/mol. The Labute approximate surface area is 126 Å². The van der Waals surface area contributed by atoms with Crippen LogP contribution in [0.5, 0.6) is 0 Å². The first-order chi connectivity index (χ1) is 9.83. The Balaban J connectivity index is 1.67. The van der Waals surface area contributed by atoms with E-state index in [9.17, 15) is 0 Å². The van der Waals surface area contributed by atoms with Crippen molar-refractivity contribution < 1.29 is 4.74 Å². The van der Waals surface area contributed by atoms with Gasteiger partial charge >= 0.3 is 0 Å². The Morgan fingerprint density at radius 3 is 3.25 bits per heavy atom. The highest BCUT2D eigenvalue weighted by Crippen LogP contribution is 2.35. The largest absolute Gasteiger partial charge is 0.370 e. The fraction of sp³-hybridized carbons (Fsp3) is 0.385. The number of morpholine rings is 1. The van der Waals surface area contributed by atoms with Crippen molar-refractivity contribution in [2.24, 2.45) is 0 Å². The molecule has 0 amide bonds. The number of hydrogen-bond donors (Lipinski definition) is 2. The molecule has 3 N–H and O–H groups in total. The molecule has 5 nitrogen and oxygen atoms in total. The summed E-state index contributed by atoms with van der Waals surface area (Å²) < 4.78 is 5.82. The summed E-state index contributed by atoms with van der Waals surface area (Å²) in [6, 6.07) is 4.04. The molecule has 106 valence electrons. The van der Waals surface area contributed by atoms with E-state index in [0.717, 1.165) is 31.1 Å². The minimum Gasteiger partial charge on any atom is -0.370 e. The second kappa shape index (κ2) is 6.53. The molecule has 0 bridgehead atoms. The molecule has 1 atom stereocenters. The van der Waals surface area contributed by atoms with Crippen LogP contribution < -0.4 is 11.1 Å². The van der Waals surface area contributed by atoms with E-state index in [0.29, 0.717) is 5.95 Å². The van der Waals surface area contributed by atoms with E-state index < -0.39 is 0 Å². The van der Waals surface area contributed by atoms with E-state index in [1.807, 2.05) is 6.07 Å². The van der Waals surface area contributed by atoms with Gasteiger partial charge in [0, 0.05) is 34.8 Å². The second-order valence-electron chi connectivity index (χ2n) is 4.41. The van der Waals surface area contributed by atoms with E-state index in [2.05, 4.69) is 26.7 Å². The smallest absolute Gasteiger partial charge is 0.220 e. The summed E-state index contributed by atoms with van der Waals surface area (Å²) >= 11 is 3.52. The van der Waals surface area contributed by atoms with Crippen molar-refractivity contribution in [3.8, 4) is 0 Å². The summed E-state index contributed by atoms with van der Waals surface area (Å²) in [6.45, 7) is 2.59. The van der Waals surface area contributed by atoms with Gasteiger partial charge in [-0.05, 0) is 17.5 Å². The summed E-state index contributed by atoms with van der Waals surface area (Å²) in [5.41, 5.74) is 6.54. The minimum absolute atomic E-state index is 0.168. The van der Waals surface area contributed by atoms with Crippen molar-refractivity contribution in [3.05, 3.63) is 34.3 Å². The summed E-state index contributed by atoms with van der Waals surface area (Å²) in [5.74, 6) is 1.12. The average molecular weight is 308 g/mol. The maximum absolute atomic E-state index is 5.82. The number of nitrogen functional groups attached to an aromatic ring is 1. The van der Waals surface area contributed by atoms with Crippen molar-refractivity contribution in [2.75, 3.05) is 25.4 Å². The molecule has 0 aliphatic carbocycles. The van der Waals surface area contributed by atoms with Crippen LogP contribution in [0.25, 0.3) is 0 Å². The summed E-state index contributed by atoms with van der Waals surface area (Å²) in [5, 5.41) is 5.48. The highest BCUT2D eigenvalue weighted by atomic mass is 32.2. The third kappa shape index (κ3) is 3.29. The zero-order chi connectivity index (χ0) is 13.8. The van der Waals surface area contributed by atoms with Crippen LogP contribution in [0.2, 0.25) is 0 Å². The fourth-order valence-electron chi connectivity index (χ4n) is 2.04. The van der Waals surface area contributed by atoms with Crippen molar-refractivity contribution in [2.45, 2.75) is 16.8 Å². The third-order valence-electron chi connectivity index (χ3n) is 2.98. The van der Waals surface area contributed by atoms with E-state index in [1.54, 1.807) is 29.3 Å². The normalized spacial score (nSPS) is 19.1. The molecule has 3 rings (SSSR count). The molecule has 1 saturated heterocycles. The molecule has 2 aromatic heterocycles. The first kappa shape index (κ1) is 13.8. The lowest BCUT2D eigenvalue weighted by Crippen LogP contribution is -2.33. The lowest BCUT2D eigenvalue weighted by molar-refractivity contribution is 0.0285. The number of ether oxygens (including phenoxy) is 1. The molecule has 1 aliphatic heterocycles. The standard InChI is InChI=1S/C13H16N4OS2/c14-13-16-3-1-9(17-13)8-20-11-2-6-19-12(11)10-7-15-4-5-18-10/h1-3,6,10,15H,4-5,7-8H2,(H2,14,16,17). The van der Waals surface area contributed by atoms with Gasteiger partial charge in [0.05, 0.1) is 12.3 Å². The van der Waals surface area contributed by atoms with Gasteiger partial charge in [-0.15, -0.1) is 23.1 Å². The van der Waals surface area contributed by atoms with Gasteiger partial charge in [0.15, 0.2) is 0 Å². The molecule has 7 heteroatoms. The number of rotatable bonds is 4. The predicted molar refractivity (Wildman–Crippen MR) is 81.9 cm³/mol. The van der Waals surface area contributed by atoms with Crippen molar-refractivity contribution in [1.82, 2.24) is 15.3 Å². The SMILES string of the molecule is Nc1nccc(CSc2ccsc2C2CNCCO2)n1. The fourth-order valence-corrected chi connectivity index (χ4v) is 4.19. The van der Waals surface area contributed by atoms with Crippen molar-refractivity contribution in [3.63, 3.8) is 0 Å². The van der Waals surface area contributed by atoms with Gasteiger partial charge in [-0.3, -0.25) is 0 Å². The number of nitrogens with one attached hydrogen (secondary N) is 1. The van der Waals surface area contributed by atoms with Crippen LogP contribution in [0, 0.1) is 0 Å². The zero-order valence-corrected chi connectivity index (χ0v) is 12.5. The van der Waals surface area contributed by atoms with Crippen LogP contribution in [-0.4, -0.2) is 29.7 Å². The number of hydrogen-bond acceptors (Lipinski definition) is 7. The van der Waals surface area contributed by atoms with E-state index in [4.69, 9.17) is 10.5 Å². The van der Waals surface area contributed by atoms with Gasteiger partial charge in [-0.25, -0.2) is 9.97 Å². The van der Waals surface area contributed by atoms with Gasteiger partial charge in [0.1, 0.15) is 6.10 Å². The number of thiophene rings is 1. The first-order valence-corrected chi connectivity index (χ1v) is 8.29. The lowest BCUT2D eigenvalue weighted by Gasteiger charge is -2.23. The molecule has 0 aromatic carbocycles. The van der Waals surface area contributed by atoms with Crippen LogP contribution in [0.3, 0.4) is 0 Å². The molecule has 1 unspecified atom stereocenters. The molecule has 0 saturated carbocycles. The molecular formula is C13H16N4OS2. The molecule has 3 heterocycles. The number of thioether (sulfide) groups is 1. The number of aromatic nitrogens is 2. The Hall–Kier alpha value is -1.15. The van der Waals surface area contributed by atoms with Crippen molar-refractivity contribution >= 4 is 29.0 Å². The Kier molecular flexibility index (Phi) is 4.51. The van der Waals surface area contributed by atoms with E-state index in [1.165, 1.54) is 9.77 Å². The molecule has 1 fully saturated rings. The van der Waals surface area contributed by atoms with Gasteiger partial charge in [0.25, 0.3) is 0 Å². The van der Waals surface area contributed by atoms with Crippen LogP contribution in [0.1, 0.15) is 16.7 Å². The monoisotopic (exact) mass is 308 g/mol. The van der Waals surface area contributed by atoms with Crippen LogP contribution in [0.15, 0.2) is 28.6 Å². The van der Waals surface area contributed by atoms with E-state index in [-0.39, 0.29) is 6.10 Å². The average Bonchev–Trinajstić information content (AvgIpc) is 2.95. The number of nitrogens with zero attached hydrogens (tertiary/aromatic N) is 2. The number of anilines is 1. The van der Waals surface area contributed by atoms with Gasteiger partial charge in [-0.2, -0.15) is 0 Å². The topological polar surface area (TPSA) is 73.1 Å². The Morgan fingerprint density at radius 2 is 2.45 bits per heavy atom. The van der Waals surface area contributed by atoms with Crippen LogP contribution in [-0.2, 0) is 10.5 Å². The molecule has 20 heavy (non-hydrogen) atoms. The summed E-state index contributed by atoms with van der Waals surface area (Å²) in [4.78, 5) is 10.7. The number of nitrogens with two attached hydrogens (primary N) is 1. The quantitative estimate of drug-likeness (QED) is 0.843. The minimum atomic E-state index is 0.168. The highest BCUT2D eigenvalue weighted by molar-refractivity contribution is 7.98. The third-order valence-corrected chi connectivity index (χ3v) is 5.23. The maximum Gasteiger partial charge on any atom is 0.220 e. The molecule has 1 aliphatic rings. The summed E-state index contributed by atoms with van der Waals surface area (Å²) in [7, 11) is 0. The molecule has 0 spiro atoms. The molecule has 2 aromatic rings. The van der Waals surface area contributed by atoms with Crippen LogP contribution >= 0.6 is 23.1 Å². The summed E-state index contributed by atoms with van der Waals surface area (Å²) in [6.07, 6.45) is 1.86. The second-order valence-corrected chi connectivity index (χ2v) is 6.37. The highest BCUT2D eigenvalue weighted by Gasteiger charge is 2.20. The Morgan fingerprint density at radius 1 is 1.50 bits per heavy atom. The molecule has 0 radical (unpaired) electrons. The predicted octanol–water partition coefficient (Wildman–Crippen LogP) is 2.07. The van der Waals surface area contributed by atoms with Gasteiger partial charge in [-0.1, -0.05) is 0 Å². The van der Waals surface area contributed by atoms with E-state index >= 15 is 0 Å². The lowest BCUT2D eigenvalue weighted by atomic mass is 10.2. The maximum atomic E-state index is 5.82. The van der Waals surface area contributed by atoms with Gasteiger partial charge in [0.2, 0.25) is 5.95 Å². The Bertz CT molecular complexity index is 569. The first-order valence-electron chi connectivity index (χ1n) is 6.43. The zero-order valence-electron chi connectivity index (χ0n) is 10.9. The van der Waals surface area contributed by atoms with Crippen molar-refractivity contribution in [1.29, 1.82) is 0 Å².